The Morgan fingerprint density at radius 3 is 2.55 bits per heavy atom. The van der Waals surface area contributed by atoms with Gasteiger partial charge in [-0.15, -0.1) is 0 Å². The van der Waals surface area contributed by atoms with Gasteiger partial charge in [0.1, 0.15) is 5.82 Å². The van der Waals surface area contributed by atoms with E-state index >= 15 is 0 Å². The molecule has 4 heteroatoms. The maximum absolute atomic E-state index is 5.98. The molecule has 0 unspecified atom stereocenters. The lowest BCUT2D eigenvalue weighted by molar-refractivity contribution is 0.384. The molecule has 0 atom stereocenters. The molecule has 0 spiro atoms. The molecule has 2 aromatic rings. The van der Waals surface area contributed by atoms with Crippen LogP contribution in [-0.4, -0.2) is 21.0 Å². The lowest BCUT2D eigenvalue weighted by Gasteiger charge is -2.25. The number of nitrogens with two attached hydrogens (primary N) is 1. The van der Waals surface area contributed by atoms with Gasteiger partial charge in [0, 0.05) is 23.9 Å². The van der Waals surface area contributed by atoms with E-state index in [-0.39, 0.29) is 0 Å². The highest BCUT2D eigenvalue weighted by Crippen LogP contribution is 2.31. The Bertz CT molecular complexity index is 574. The number of rotatable bonds is 2. The van der Waals surface area contributed by atoms with Crippen LogP contribution in [0.25, 0.3) is 11.4 Å². The first kappa shape index (κ1) is 13.2. The standard InChI is InChI=1S/C16H20N4/c1-11-10-15(14-4-2-3-9-18-14)20-16(19-11)12-5-7-13(17)8-6-12/h2-4,9-10,12-13H,5-8,17H2,1H3. The Kier molecular flexibility index (Phi) is 3.74. The van der Waals surface area contributed by atoms with Crippen molar-refractivity contribution in [2.45, 2.75) is 44.6 Å². The first-order chi connectivity index (χ1) is 9.72. The largest absolute Gasteiger partial charge is 0.328 e. The SMILES string of the molecule is Cc1cc(-c2ccccn2)nc(C2CCC(N)CC2)n1. The van der Waals surface area contributed by atoms with Crippen LogP contribution in [0.2, 0.25) is 0 Å². The van der Waals surface area contributed by atoms with E-state index in [1.807, 2.05) is 31.2 Å². The van der Waals surface area contributed by atoms with Gasteiger partial charge in [-0.1, -0.05) is 6.07 Å². The molecule has 1 saturated carbocycles. The summed E-state index contributed by atoms with van der Waals surface area (Å²) in [6.07, 6.45) is 6.12. The molecular formula is C16H20N4. The van der Waals surface area contributed by atoms with Crippen LogP contribution in [0.15, 0.2) is 30.5 Å². The van der Waals surface area contributed by atoms with Crippen molar-refractivity contribution >= 4 is 0 Å². The highest BCUT2D eigenvalue weighted by Gasteiger charge is 2.22. The summed E-state index contributed by atoms with van der Waals surface area (Å²) in [4.78, 5) is 13.7. The van der Waals surface area contributed by atoms with Gasteiger partial charge in [-0.2, -0.15) is 0 Å². The number of nitrogens with zero attached hydrogens (tertiary/aromatic N) is 3. The fraction of sp³-hybridized carbons (Fsp3) is 0.438. The van der Waals surface area contributed by atoms with Crippen LogP contribution in [0.3, 0.4) is 0 Å². The number of aromatic nitrogens is 3. The zero-order chi connectivity index (χ0) is 13.9. The smallest absolute Gasteiger partial charge is 0.132 e. The number of aryl methyl sites for hydroxylation is 1. The summed E-state index contributed by atoms with van der Waals surface area (Å²) in [5.41, 5.74) is 8.81. The van der Waals surface area contributed by atoms with E-state index in [9.17, 15) is 0 Å². The van der Waals surface area contributed by atoms with E-state index in [0.29, 0.717) is 12.0 Å². The summed E-state index contributed by atoms with van der Waals surface area (Å²) in [6.45, 7) is 2.02. The summed E-state index contributed by atoms with van der Waals surface area (Å²) >= 11 is 0. The maximum atomic E-state index is 5.98. The third-order valence-electron chi connectivity index (χ3n) is 3.94. The molecule has 3 rings (SSSR count). The summed E-state index contributed by atoms with van der Waals surface area (Å²) in [7, 11) is 0. The van der Waals surface area contributed by atoms with Crippen molar-refractivity contribution in [3.63, 3.8) is 0 Å². The summed E-state index contributed by atoms with van der Waals surface area (Å²) in [6, 6.07) is 8.24. The second kappa shape index (κ2) is 5.67. The Morgan fingerprint density at radius 1 is 1.05 bits per heavy atom. The van der Waals surface area contributed by atoms with E-state index in [0.717, 1.165) is 48.6 Å². The molecule has 0 saturated heterocycles. The molecule has 0 bridgehead atoms. The van der Waals surface area contributed by atoms with E-state index in [4.69, 9.17) is 10.7 Å². The fourth-order valence-corrected chi connectivity index (χ4v) is 2.80. The molecule has 1 aliphatic rings. The Hall–Kier alpha value is -1.81. The van der Waals surface area contributed by atoms with Crippen molar-refractivity contribution < 1.29 is 0 Å². The van der Waals surface area contributed by atoms with Crippen LogP contribution in [0.1, 0.15) is 43.1 Å². The first-order valence-electron chi connectivity index (χ1n) is 7.25. The molecule has 20 heavy (non-hydrogen) atoms. The normalized spacial score (nSPS) is 22.7. The van der Waals surface area contributed by atoms with Crippen LogP contribution < -0.4 is 5.73 Å². The van der Waals surface area contributed by atoms with Gasteiger partial charge in [0.05, 0.1) is 11.4 Å². The van der Waals surface area contributed by atoms with Crippen molar-refractivity contribution in [3.8, 4) is 11.4 Å². The quantitative estimate of drug-likeness (QED) is 0.909. The van der Waals surface area contributed by atoms with Crippen molar-refractivity contribution in [3.05, 3.63) is 42.0 Å². The van der Waals surface area contributed by atoms with Gasteiger partial charge in [0.25, 0.3) is 0 Å². The summed E-state index contributed by atoms with van der Waals surface area (Å²) < 4.78 is 0. The lowest BCUT2D eigenvalue weighted by atomic mass is 9.86. The minimum absolute atomic E-state index is 0.353. The summed E-state index contributed by atoms with van der Waals surface area (Å²) in [5.74, 6) is 1.40. The van der Waals surface area contributed by atoms with Gasteiger partial charge in [-0.05, 0) is 50.8 Å². The molecule has 2 heterocycles. The number of pyridine rings is 1. The van der Waals surface area contributed by atoms with E-state index in [2.05, 4.69) is 9.97 Å². The Morgan fingerprint density at radius 2 is 1.85 bits per heavy atom. The van der Waals surface area contributed by atoms with E-state index in [1.54, 1.807) is 6.20 Å². The summed E-state index contributed by atoms with van der Waals surface area (Å²) in [5, 5.41) is 0. The molecule has 0 amide bonds. The molecule has 4 nitrogen and oxygen atoms in total. The first-order valence-corrected chi connectivity index (χ1v) is 7.25. The van der Waals surface area contributed by atoms with Crippen LogP contribution >= 0.6 is 0 Å². The van der Waals surface area contributed by atoms with Gasteiger partial charge in [0.15, 0.2) is 0 Å². The zero-order valence-electron chi connectivity index (χ0n) is 11.8. The van der Waals surface area contributed by atoms with Crippen molar-refractivity contribution in [1.82, 2.24) is 15.0 Å². The van der Waals surface area contributed by atoms with Gasteiger partial charge >= 0.3 is 0 Å². The predicted molar refractivity (Wildman–Crippen MR) is 79.2 cm³/mol. The van der Waals surface area contributed by atoms with Crippen molar-refractivity contribution in [2.24, 2.45) is 5.73 Å². The van der Waals surface area contributed by atoms with Crippen LogP contribution in [0.4, 0.5) is 0 Å². The third-order valence-corrected chi connectivity index (χ3v) is 3.94. The molecule has 2 aromatic heterocycles. The highest BCUT2D eigenvalue weighted by molar-refractivity contribution is 5.53. The van der Waals surface area contributed by atoms with Crippen molar-refractivity contribution in [2.75, 3.05) is 0 Å². The second-order valence-electron chi connectivity index (χ2n) is 5.58. The van der Waals surface area contributed by atoms with Gasteiger partial charge in [-0.25, -0.2) is 9.97 Å². The zero-order valence-corrected chi connectivity index (χ0v) is 11.8. The number of hydrogen-bond donors (Lipinski definition) is 1. The molecule has 2 N–H and O–H groups in total. The topological polar surface area (TPSA) is 64.7 Å². The average Bonchev–Trinajstić information content (AvgIpc) is 2.48. The fourth-order valence-electron chi connectivity index (χ4n) is 2.80. The Labute approximate surface area is 119 Å². The van der Waals surface area contributed by atoms with Gasteiger partial charge in [0.2, 0.25) is 0 Å². The van der Waals surface area contributed by atoms with Crippen LogP contribution in [-0.2, 0) is 0 Å². The molecule has 104 valence electrons. The minimum atomic E-state index is 0.353. The molecule has 1 aliphatic carbocycles. The third kappa shape index (κ3) is 2.85. The molecule has 0 aromatic carbocycles. The monoisotopic (exact) mass is 268 g/mol. The molecule has 1 fully saturated rings. The van der Waals surface area contributed by atoms with E-state index < -0.39 is 0 Å². The van der Waals surface area contributed by atoms with Gasteiger partial charge < -0.3 is 5.73 Å². The average molecular weight is 268 g/mol. The van der Waals surface area contributed by atoms with Gasteiger partial charge in [-0.3, -0.25) is 4.98 Å². The molecule has 0 radical (unpaired) electrons. The maximum Gasteiger partial charge on any atom is 0.132 e. The minimum Gasteiger partial charge on any atom is -0.328 e. The second-order valence-corrected chi connectivity index (χ2v) is 5.58. The predicted octanol–water partition coefficient (Wildman–Crippen LogP) is 2.83. The molecule has 0 aliphatic heterocycles. The van der Waals surface area contributed by atoms with Crippen LogP contribution in [0, 0.1) is 6.92 Å². The van der Waals surface area contributed by atoms with Crippen molar-refractivity contribution in [1.29, 1.82) is 0 Å². The number of hydrogen-bond acceptors (Lipinski definition) is 4. The molecular weight excluding hydrogens is 248 g/mol. The van der Waals surface area contributed by atoms with Crippen LogP contribution in [0.5, 0.6) is 0 Å². The highest BCUT2D eigenvalue weighted by atomic mass is 14.9. The van der Waals surface area contributed by atoms with E-state index in [1.165, 1.54) is 0 Å². The Balaban J connectivity index is 1.91. The lowest BCUT2D eigenvalue weighted by Crippen LogP contribution is -2.26.